The van der Waals surface area contributed by atoms with E-state index in [1.54, 1.807) is 0 Å². The maximum Gasteiger partial charge on any atom is 0.0600 e. The maximum absolute atomic E-state index is 8.59. The van der Waals surface area contributed by atoms with Gasteiger partial charge in [-0.15, -0.1) is 0 Å². The van der Waals surface area contributed by atoms with Crippen molar-refractivity contribution in [2.24, 2.45) is 5.73 Å². The highest BCUT2D eigenvalue weighted by Crippen LogP contribution is 2.20. The summed E-state index contributed by atoms with van der Waals surface area (Å²) in [6.45, 7) is 1.85. The van der Waals surface area contributed by atoms with Crippen molar-refractivity contribution in [1.82, 2.24) is 0 Å². The molecule has 1 saturated heterocycles. The number of thioether (sulfide) groups is 1. The topological polar surface area (TPSA) is 55.5 Å². The van der Waals surface area contributed by atoms with Crippen LogP contribution in [-0.2, 0) is 4.74 Å². The highest BCUT2D eigenvalue weighted by atomic mass is 32.2. The molecule has 0 saturated carbocycles. The minimum atomic E-state index is 0.274. The van der Waals surface area contributed by atoms with Crippen LogP contribution in [0.15, 0.2) is 0 Å². The Hall–Kier alpha value is 0.230. The van der Waals surface area contributed by atoms with Gasteiger partial charge in [0.2, 0.25) is 0 Å². The fourth-order valence-corrected chi connectivity index (χ4v) is 2.37. The molecule has 0 aliphatic carbocycles. The van der Waals surface area contributed by atoms with Gasteiger partial charge >= 0.3 is 0 Å². The molecule has 0 amide bonds. The lowest BCUT2D eigenvalue weighted by Gasteiger charge is -2.27. The molecule has 12 heavy (non-hydrogen) atoms. The van der Waals surface area contributed by atoms with Crippen LogP contribution in [0, 0.1) is 0 Å². The van der Waals surface area contributed by atoms with Gasteiger partial charge in [0.05, 0.1) is 6.61 Å². The van der Waals surface area contributed by atoms with E-state index >= 15 is 0 Å². The molecule has 3 N–H and O–H groups in total. The molecule has 2 atom stereocenters. The second-order valence-electron chi connectivity index (χ2n) is 3.01. The zero-order valence-corrected chi connectivity index (χ0v) is 8.05. The van der Waals surface area contributed by atoms with Gasteiger partial charge in [-0.2, -0.15) is 11.8 Å². The van der Waals surface area contributed by atoms with Gasteiger partial charge in [-0.1, -0.05) is 0 Å². The van der Waals surface area contributed by atoms with Gasteiger partial charge in [-0.25, -0.2) is 0 Å². The summed E-state index contributed by atoms with van der Waals surface area (Å²) in [4.78, 5) is 0. The molecule has 0 aromatic carbocycles. The third-order valence-electron chi connectivity index (χ3n) is 1.99. The summed E-state index contributed by atoms with van der Waals surface area (Å²) in [6, 6.07) is 0.280. The molecule has 1 aliphatic heterocycles. The Labute approximate surface area is 77.7 Å². The molecule has 4 heteroatoms. The number of rotatable bonds is 4. The monoisotopic (exact) mass is 191 g/mol. The lowest BCUT2D eigenvalue weighted by molar-refractivity contribution is 0.0915. The average Bonchev–Trinajstić information content (AvgIpc) is 2.09. The van der Waals surface area contributed by atoms with E-state index in [0.717, 1.165) is 31.8 Å². The van der Waals surface area contributed by atoms with Crippen LogP contribution in [0.25, 0.3) is 0 Å². The molecule has 1 fully saturated rings. The van der Waals surface area contributed by atoms with E-state index in [9.17, 15) is 0 Å². The molecule has 0 bridgehead atoms. The Morgan fingerprint density at radius 2 is 2.42 bits per heavy atom. The van der Waals surface area contributed by atoms with Crippen molar-refractivity contribution in [3.05, 3.63) is 0 Å². The summed E-state index contributed by atoms with van der Waals surface area (Å²) in [5, 5.41) is 9.02. The van der Waals surface area contributed by atoms with E-state index in [4.69, 9.17) is 15.6 Å². The van der Waals surface area contributed by atoms with E-state index in [1.165, 1.54) is 0 Å². The number of nitrogens with two attached hydrogens (primary N) is 1. The van der Waals surface area contributed by atoms with Crippen LogP contribution in [0.5, 0.6) is 0 Å². The summed E-state index contributed by atoms with van der Waals surface area (Å²) in [5.41, 5.74) is 5.90. The molecular formula is C8H17NO2S. The zero-order valence-electron chi connectivity index (χ0n) is 7.24. The molecule has 1 rings (SSSR count). The van der Waals surface area contributed by atoms with Crippen molar-refractivity contribution in [3.8, 4) is 0 Å². The van der Waals surface area contributed by atoms with Crippen LogP contribution >= 0.6 is 11.8 Å². The molecule has 72 valence electrons. The zero-order chi connectivity index (χ0) is 8.81. The third-order valence-corrected chi connectivity index (χ3v) is 3.43. The number of ether oxygens (including phenoxy) is 1. The Bertz CT molecular complexity index is 124. The highest BCUT2D eigenvalue weighted by Gasteiger charge is 2.21. The minimum absolute atomic E-state index is 0.274. The van der Waals surface area contributed by atoms with Gasteiger partial charge in [-0.05, 0) is 18.6 Å². The molecule has 0 spiro atoms. The first-order valence-corrected chi connectivity index (χ1v) is 5.45. The molecule has 0 aromatic rings. The van der Waals surface area contributed by atoms with Crippen molar-refractivity contribution < 1.29 is 9.84 Å². The van der Waals surface area contributed by atoms with Gasteiger partial charge in [-0.3, -0.25) is 0 Å². The summed E-state index contributed by atoms with van der Waals surface area (Å²) in [7, 11) is 0. The molecule has 1 aliphatic rings. The summed E-state index contributed by atoms with van der Waals surface area (Å²) < 4.78 is 5.32. The lowest BCUT2D eigenvalue weighted by Crippen LogP contribution is -2.41. The fourth-order valence-electron chi connectivity index (χ4n) is 1.20. The van der Waals surface area contributed by atoms with Crippen LogP contribution in [0.3, 0.4) is 0 Å². The van der Waals surface area contributed by atoms with Crippen molar-refractivity contribution in [2.75, 3.05) is 25.6 Å². The Balaban J connectivity index is 2.11. The highest BCUT2D eigenvalue weighted by molar-refractivity contribution is 8.00. The summed E-state index contributed by atoms with van der Waals surface area (Å²) in [6.07, 6.45) is 1.82. The van der Waals surface area contributed by atoms with E-state index in [1.807, 2.05) is 11.8 Å². The van der Waals surface area contributed by atoms with Crippen LogP contribution in [0.1, 0.15) is 12.8 Å². The average molecular weight is 191 g/mol. The van der Waals surface area contributed by atoms with Gasteiger partial charge in [0, 0.05) is 24.5 Å². The number of hydrogen-bond acceptors (Lipinski definition) is 4. The molecule has 1 heterocycles. The SMILES string of the molecule is NC1CCOCC1SCCCO. The van der Waals surface area contributed by atoms with E-state index < -0.39 is 0 Å². The maximum atomic E-state index is 8.59. The minimum Gasteiger partial charge on any atom is -0.396 e. The van der Waals surface area contributed by atoms with Crippen LogP contribution < -0.4 is 5.73 Å². The van der Waals surface area contributed by atoms with Crippen LogP contribution in [-0.4, -0.2) is 42.0 Å². The van der Waals surface area contributed by atoms with Crippen molar-refractivity contribution in [2.45, 2.75) is 24.1 Å². The van der Waals surface area contributed by atoms with Gasteiger partial charge in [0.25, 0.3) is 0 Å². The number of aliphatic hydroxyl groups excluding tert-OH is 1. The normalized spacial score (nSPS) is 30.5. The van der Waals surface area contributed by atoms with E-state index in [2.05, 4.69) is 0 Å². The van der Waals surface area contributed by atoms with E-state index in [-0.39, 0.29) is 12.6 Å². The molecule has 2 unspecified atom stereocenters. The van der Waals surface area contributed by atoms with Crippen molar-refractivity contribution >= 4 is 11.8 Å². The lowest BCUT2D eigenvalue weighted by atomic mass is 10.1. The first kappa shape index (κ1) is 10.3. The Morgan fingerprint density at radius 1 is 1.58 bits per heavy atom. The van der Waals surface area contributed by atoms with Gasteiger partial charge in [0.1, 0.15) is 0 Å². The first-order chi connectivity index (χ1) is 5.84. The predicted molar refractivity (Wildman–Crippen MR) is 51.4 cm³/mol. The Kier molecular flexibility index (Phi) is 4.99. The summed E-state index contributed by atoms with van der Waals surface area (Å²) >= 11 is 1.82. The molecule has 3 nitrogen and oxygen atoms in total. The fraction of sp³-hybridized carbons (Fsp3) is 1.00. The quantitative estimate of drug-likeness (QED) is 0.624. The first-order valence-electron chi connectivity index (χ1n) is 4.40. The van der Waals surface area contributed by atoms with Crippen LogP contribution in [0.2, 0.25) is 0 Å². The molecule has 0 aromatic heterocycles. The second-order valence-corrected chi connectivity index (χ2v) is 4.36. The Morgan fingerprint density at radius 3 is 3.08 bits per heavy atom. The number of aliphatic hydroxyl groups is 1. The molecular weight excluding hydrogens is 174 g/mol. The van der Waals surface area contributed by atoms with Crippen molar-refractivity contribution in [3.63, 3.8) is 0 Å². The third kappa shape index (κ3) is 3.31. The van der Waals surface area contributed by atoms with Gasteiger partial charge in [0.15, 0.2) is 0 Å². The van der Waals surface area contributed by atoms with Gasteiger partial charge < -0.3 is 15.6 Å². The van der Waals surface area contributed by atoms with E-state index in [0.29, 0.717) is 5.25 Å². The largest absolute Gasteiger partial charge is 0.396 e. The smallest absolute Gasteiger partial charge is 0.0600 e. The van der Waals surface area contributed by atoms with Crippen LogP contribution in [0.4, 0.5) is 0 Å². The second kappa shape index (κ2) is 5.80. The van der Waals surface area contributed by atoms with Crippen molar-refractivity contribution in [1.29, 1.82) is 0 Å². The standard InChI is InChI=1S/C8H17NO2S/c9-7-2-4-11-6-8(7)12-5-1-3-10/h7-8,10H,1-6,9H2. The predicted octanol–water partition coefficient (Wildman–Crippen LogP) is 0.218. The molecule has 0 radical (unpaired) electrons. The number of hydrogen-bond donors (Lipinski definition) is 2. The summed E-state index contributed by atoms with van der Waals surface area (Å²) in [5.74, 6) is 0.984.